The zero-order valence-electron chi connectivity index (χ0n) is 12.5. The fourth-order valence-corrected chi connectivity index (χ4v) is 1.93. The Hall–Kier alpha value is -2.49. The third kappa shape index (κ3) is 3.99. The molecule has 0 atom stereocenters. The van der Waals surface area contributed by atoms with Gasteiger partial charge in [-0.25, -0.2) is 0 Å². The Morgan fingerprint density at radius 3 is 2.43 bits per heavy atom. The second kappa shape index (κ2) is 6.31. The van der Waals surface area contributed by atoms with Crippen LogP contribution in [0, 0.1) is 6.92 Å². The molecule has 0 unspecified atom stereocenters. The number of anilines is 2. The molecule has 0 aliphatic carbocycles. The van der Waals surface area contributed by atoms with Gasteiger partial charge >= 0.3 is 0 Å². The van der Waals surface area contributed by atoms with Gasteiger partial charge in [-0.05, 0) is 62.7 Å². The molecule has 0 radical (unpaired) electrons. The van der Waals surface area contributed by atoms with Crippen molar-refractivity contribution in [3.63, 3.8) is 0 Å². The van der Waals surface area contributed by atoms with Gasteiger partial charge in [0.2, 0.25) is 0 Å². The molecule has 4 nitrogen and oxygen atoms in total. The lowest BCUT2D eigenvalue weighted by Crippen LogP contribution is -2.13. The normalized spacial score (nSPS) is 10.5. The molecule has 4 heteroatoms. The molecule has 2 aromatic rings. The minimum Gasteiger partial charge on any atom is -0.491 e. The smallest absolute Gasteiger partial charge is 0.255 e. The maximum Gasteiger partial charge on any atom is 0.255 e. The lowest BCUT2D eigenvalue weighted by Gasteiger charge is -2.11. The minimum atomic E-state index is -0.167. The van der Waals surface area contributed by atoms with E-state index in [1.807, 2.05) is 32.9 Å². The Labute approximate surface area is 124 Å². The molecule has 0 aliphatic rings. The molecule has 0 aliphatic heterocycles. The van der Waals surface area contributed by atoms with Crippen molar-refractivity contribution in [2.24, 2.45) is 0 Å². The van der Waals surface area contributed by atoms with Crippen LogP contribution in [0.1, 0.15) is 29.8 Å². The SMILES string of the molecule is Cc1ccc(N)cc1NC(=O)c1ccc(OC(C)C)cc1. The lowest BCUT2D eigenvalue weighted by atomic mass is 10.1. The maximum atomic E-state index is 12.2. The van der Waals surface area contributed by atoms with Gasteiger partial charge in [-0.1, -0.05) is 6.07 Å². The molecule has 0 fully saturated rings. The van der Waals surface area contributed by atoms with Crippen molar-refractivity contribution in [2.45, 2.75) is 26.9 Å². The average Bonchev–Trinajstić information content (AvgIpc) is 2.43. The van der Waals surface area contributed by atoms with Crippen LogP contribution in [0.3, 0.4) is 0 Å². The Bertz CT molecular complexity index is 634. The molecule has 0 saturated heterocycles. The summed E-state index contributed by atoms with van der Waals surface area (Å²) in [5.74, 6) is 0.585. The van der Waals surface area contributed by atoms with Gasteiger partial charge in [0, 0.05) is 16.9 Å². The van der Waals surface area contributed by atoms with Crippen molar-refractivity contribution in [3.05, 3.63) is 53.6 Å². The molecular weight excluding hydrogens is 264 g/mol. The molecule has 0 saturated carbocycles. The van der Waals surface area contributed by atoms with Gasteiger partial charge in [0.25, 0.3) is 5.91 Å². The predicted molar refractivity (Wildman–Crippen MR) is 85.8 cm³/mol. The van der Waals surface area contributed by atoms with Gasteiger partial charge in [-0.15, -0.1) is 0 Å². The van der Waals surface area contributed by atoms with E-state index in [4.69, 9.17) is 10.5 Å². The van der Waals surface area contributed by atoms with Crippen LogP contribution in [-0.2, 0) is 0 Å². The van der Waals surface area contributed by atoms with Crippen LogP contribution < -0.4 is 15.8 Å². The number of nitrogens with two attached hydrogens (primary N) is 1. The topological polar surface area (TPSA) is 64.3 Å². The number of rotatable bonds is 4. The quantitative estimate of drug-likeness (QED) is 0.843. The first-order valence-corrected chi connectivity index (χ1v) is 6.90. The fraction of sp³-hybridized carbons (Fsp3) is 0.235. The highest BCUT2D eigenvalue weighted by Crippen LogP contribution is 2.20. The highest BCUT2D eigenvalue weighted by Gasteiger charge is 2.08. The summed E-state index contributed by atoms with van der Waals surface area (Å²) in [6, 6.07) is 12.5. The molecule has 1 amide bonds. The van der Waals surface area contributed by atoms with E-state index in [2.05, 4.69) is 5.32 Å². The molecule has 21 heavy (non-hydrogen) atoms. The van der Waals surface area contributed by atoms with Crippen LogP contribution in [0.15, 0.2) is 42.5 Å². The van der Waals surface area contributed by atoms with Crippen molar-refractivity contribution >= 4 is 17.3 Å². The number of ether oxygens (including phenoxy) is 1. The Balaban J connectivity index is 2.11. The number of hydrogen-bond donors (Lipinski definition) is 2. The van der Waals surface area contributed by atoms with E-state index in [0.717, 1.165) is 17.0 Å². The van der Waals surface area contributed by atoms with E-state index in [-0.39, 0.29) is 12.0 Å². The predicted octanol–water partition coefficient (Wildman–Crippen LogP) is 3.62. The number of amides is 1. The van der Waals surface area contributed by atoms with Gasteiger partial charge in [0.15, 0.2) is 0 Å². The summed E-state index contributed by atoms with van der Waals surface area (Å²) in [6.45, 7) is 5.85. The second-order valence-corrected chi connectivity index (χ2v) is 5.22. The number of benzene rings is 2. The largest absolute Gasteiger partial charge is 0.491 e. The van der Waals surface area contributed by atoms with Crippen LogP contribution in [-0.4, -0.2) is 12.0 Å². The standard InChI is InChI=1S/C17H20N2O2/c1-11(2)21-15-8-5-13(6-9-15)17(20)19-16-10-14(18)7-4-12(16)3/h4-11H,18H2,1-3H3,(H,19,20). The number of carbonyl (C=O) groups is 1. The van der Waals surface area contributed by atoms with E-state index in [0.29, 0.717) is 11.3 Å². The molecule has 0 aromatic heterocycles. The molecule has 2 rings (SSSR count). The highest BCUT2D eigenvalue weighted by molar-refractivity contribution is 6.04. The van der Waals surface area contributed by atoms with Crippen LogP contribution >= 0.6 is 0 Å². The summed E-state index contributed by atoms with van der Waals surface area (Å²) < 4.78 is 5.55. The van der Waals surface area contributed by atoms with Gasteiger partial charge in [0.05, 0.1) is 6.10 Å². The van der Waals surface area contributed by atoms with Gasteiger partial charge in [-0.2, -0.15) is 0 Å². The second-order valence-electron chi connectivity index (χ2n) is 5.22. The Kier molecular flexibility index (Phi) is 4.48. The van der Waals surface area contributed by atoms with Gasteiger partial charge < -0.3 is 15.8 Å². The minimum absolute atomic E-state index is 0.111. The van der Waals surface area contributed by atoms with E-state index in [9.17, 15) is 4.79 Å². The number of nitrogen functional groups attached to an aromatic ring is 1. The van der Waals surface area contributed by atoms with Crippen molar-refractivity contribution in [3.8, 4) is 5.75 Å². The van der Waals surface area contributed by atoms with Crippen LogP contribution in [0.5, 0.6) is 5.75 Å². The number of aryl methyl sites for hydroxylation is 1. The highest BCUT2D eigenvalue weighted by atomic mass is 16.5. The molecule has 0 heterocycles. The molecule has 0 bridgehead atoms. The van der Waals surface area contributed by atoms with E-state index in [1.165, 1.54) is 0 Å². The molecule has 110 valence electrons. The van der Waals surface area contributed by atoms with Crippen LogP contribution in [0.4, 0.5) is 11.4 Å². The zero-order valence-corrected chi connectivity index (χ0v) is 12.5. The number of nitrogens with one attached hydrogen (secondary N) is 1. The van der Waals surface area contributed by atoms with E-state index >= 15 is 0 Å². The first-order valence-electron chi connectivity index (χ1n) is 6.90. The summed E-state index contributed by atoms with van der Waals surface area (Å²) in [7, 11) is 0. The lowest BCUT2D eigenvalue weighted by molar-refractivity contribution is 0.102. The molecule has 3 N–H and O–H groups in total. The Morgan fingerprint density at radius 2 is 1.81 bits per heavy atom. The van der Waals surface area contributed by atoms with Crippen molar-refractivity contribution in [2.75, 3.05) is 11.1 Å². The maximum absolute atomic E-state index is 12.2. The zero-order chi connectivity index (χ0) is 15.4. The third-order valence-electron chi connectivity index (χ3n) is 3.00. The van der Waals surface area contributed by atoms with Crippen molar-refractivity contribution in [1.29, 1.82) is 0 Å². The molecule has 0 spiro atoms. The number of carbonyl (C=O) groups excluding carboxylic acids is 1. The van der Waals surface area contributed by atoms with Crippen LogP contribution in [0.25, 0.3) is 0 Å². The molecule has 2 aromatic carbocycles. The van der Waals surface area contributed by atoms with E-state index in [1.54, 1.807) is 30.3 Å². The molecular formula is C17H20N2O2. The Morgan fingerprint density at radius 1 is 1.14 bits per heavy atom. The number of hydrogen-bond acceptors (Lipinski definition) is 3. The van der Waals surface area contributed by atoms with Gasteiger partial charge in [0.1, 0.15) is 5.75 Å². The first-order chi connectivity index (χ1) is 9.95. The fourth-order valence-electron chi connectivity index (χ4n) is 1.93. The summed E-state index contributed by atoms with van der Waals surface area (Å²) >= 11 is 0. The summed E-state index contributed by atoms with van der Waals surface area (Å²) in [5, 5.41) is 2.87. The monoisotopic (exact) mass is 284 g/mol. The van der Waals surface area contributed by atoms with E-state index < -0.39 is 0 Å². The summed E-state index contributed by atoms with van der Waals surface area (Å²) in [5.41, 5.74) is 8.63. The van der Waals surface area contributed by atoms with Crippen LogP contribution in [0.2, 0.25) is 0 Å². The first kappa shape index (κ1) is 14.9. The summed E-state index contributed by atoms with van der Waals surface area (Å²) in [6.07, 6.45) is 0.111. The van der Waals surface area contributed by atoms with Crippen molar-refractivity contribution in [1.82, 2.24) is 0 Å². The average molecular weight is 284 g/mol. The third-order valence-corrected chi connectivity index (χ3v) is 3.00. The van der Waals surface area contributed by atoms with Gasteiger partial charge in [-0.3, -0.25) is 4.79 Å². The summed E-state index contributed by atoms with van der Waals surface area (Å²) in [4.78, 5) is 12.2. The van der Waals surface area contributed by atoms with Crippen molar-refractivity contribution < 1.29 is 9.53 Å².